The van der Waals surface area contributed by atoms with Crippen LogP contribution >= 0.6 is 11.3 Å². The second-order valence-corrected chi connectivity index (χ2v) is 8.92. The predicted molar refractivity (Wildman–Crippen MR) is 126 cm³/mol. The van der Waals surface area contributed by atoms with Gasteiger partial charge in [0.25, 0.3) is 5.91 Å². The van der Waals surface area contributed by atoms with Crippen molar-refractivity contribution in [1.29, 1.82) is 0 Å². The van der Waals surface area contributed by atoms with Crippen molar-refractivity contribution in [2.45, 2.75) is 13.5 Å². The Balaban J connectivity index is 1.17. The molecule has 0 atom stereocenters. The standard InChI is InChI=1S/C24H26N6OS/c1-19-21(32-24(26-19)30-10-5-6-11-30)23(31)29-17-14-27(15-18-29)13-16-28-12-9-25-22(28)20-7-3-2-4-8-20/h2-12H,13-18H2,1H3. The third-order valence-corrected chi connectivity index (χ3v) is 7.03. The van der Waals surface area contributed by atoms with Crippen molar-refractivity contribution in [3.05, 3.63) is 77.8 Å². The molecule has 1 saturated heterocycles. The minimum Gasteiger partial charge on any atom is -0.335 e. The zero-order valence-electron chi connectivity index (χ0n) is 18.1. The fraction of sp³-hybridized carbons (Fsp3) is 0.292. The van der Waals surface area contributed by atoms with Crippen molar-refractivity contribution < 1.29 is 4.79 Å². The molecule has 0 N–H and O–H groups in total. The summed E-state index contributed by atoms with van der Waals surface area (Å²) in [4.78, 5) is 27.4. The third kappa shape index (κ3) is 4.24. The maximum atomic E-state index is 13.1. The van der Waals surface area contributed by atoms with Gasteiger partial charge >= 0.3 is 0 Å². The van der Waals surface area contributed by atoms with Crippen LogP contribution in [0.3, 0.4) is 0 Å². The van der Waals surface area contributed by atoms with Crippen molar-refractivity contribution in [2.75, 3.05) is 32.7 Å². The Hall–Kier alpha value is -3.23. The Morgan fingerprint density at radius 1 is 0.969 bits per heavy atom. The van der Waals surface area contributed by atoms with Gasteiger partial charge in [-0.1, -0.05) is 41.7 Å². The van der Waals surface area contributed by atoms with E-state index in [4.69, 9.17) is 0 Å². The first-order valence-corrected chi connectivity index (χ1v) is 11.7. The second-order valence-electron chi connectivity index (χ2n) is 7.95. The van der Waals surface area contributed by atoms with Gasteiger partial charge in [-0.15, -0.1) is 0 Å². The average Bonchev–Trinajstić information content (AvgIpc) is 3.59. The van der Waals surface area contributed by atoms with E-state index in [-0.39, 0.29) is 5.91 Å². The van der Waals surface area contributed by atoms with E-state index < -0.39 is 0 Å². The van der Waals surface area contributed by atoms with Crippen LogP contribution in [0.1, 0.15) is 15.4 Å². The first-order chi connectivity index (χ1) is 15.7. The van der Waals surface area contributed by atoms with E-state index in [2.05, 4.69) is 31.6 Å². The lowest BCUT2D eigenvalue weighted by Gasteiger charge is -2.34. The number of nitrogens with zero attached hydrogens (tertiary/aromatic N) is 6. The summed E-state index contributed by atoms with van der Waals surface area (Å²) in [6.07, 6.45) is 7.80. The summed E-state index contributed by atoms with van der Waals surface area (Å²) in [6.45, 7) is 6.98. The van der Waals surface area contributed by atoms with E-state index >= 15 is 0 Å². The average molecular weight is 447 g/mol. The van der Waals surface area contributed by atoms with Crippen LogP contribution in [-0.4, -0.2) is 67.5 Å². The van der Waals surface area contributed by atoms with Gasteiger partial charge in [0.15, 0.2) is 5.13 Å². The molecule has 3 aromatic heterocycles. The fourth-order valence-corrected chi connectivity index (χ4v) is 5.06. The van der Waals surface area contributed by atoms with E-state index in [1.54, 1.807) is 0 Å². The van der Waals surface area contributed by atoms with Crippen molar-refractivity contribution in [3.63, 3.8) is 0 Å². The number of amides is 1. The monoisotopic (exact) mass is 446 g/mol. The zero-order valence-corrected chi connectivity index (χ0v) is 18.9. The lowest BCUT2D eigenvalue weighted by molar-refractivity contribution is 0.0637. The molecule has 0 saturated carbocycles. The van der Waals surface area contributed by atoms with Crippen molar-refractivity contribution in [2.24, 2.45) is 0 Å². The van der Waals surface area contributed by atoms with Crippen LogP contribution < -0.4 is 0 Å². The summed E-state index contributed by atoms with van der Waals surface area (Å²) in [7, 11) is 0. The molecule has 5 rings (SSSR count). The second kappa shape index (κ2) is 9.10. The highest BCUT2D eigenvalue weighted by Gasteiger charge is 2.25. The summed E-state index contributed by atoms with van der Waals surface area (Å²) in [5.74, 6) is 1.10. The normalized spacial score (nSPS) is 14.7. The molecular weight excluding hydrogens is 420 g/mol. The van der Waals surface area contributed by atoms with Gasteiger partial charge in [-0.25, -0.2) is 9.97 Å². The molecule has 0 unspecified atom stereocenters. The molecule has 4 aromatic rings. The Morgan fingerprint density at radius 3 is 2.47 bits per heavy atom. The van der Waals surface area contributed by atoms with E-state index in [9.17, 15) is 4.79 Å². The molecule has 164 valence electrons. The molecule has 1 aliphatic heterocycles. The number of piperazine rings is 1. The lowest BCUT2D eigenvalue weighted by atomic mass is 10.2. The van der Waals surface area contributed by atoms with Gasteiger partial charge in [-0.05, 0) is 19.1 Å². The SMILES string of the molecule is Cc1nc(-n2cccc2)sc1C(=O)N1CCN(CCn2ccnc2-c2ccccc2)CC1. The van der Waals surface area contributed by atoms with E-state index in [0.29, 0.717) is 0 Å². The van der Waals surface area contributed by atoms with Crippen molar-refractivity contribution in [3.8, 4) is 16.5 Å². The molecule has 1 amide bonds. The number of rotatable bonds is 6. The molecule has 1 aliphatic rings. The highest BCUT2D eigenvalue weighted by molar-refractivity contribution is 7.16. The Kier molecular flexibility index (Phi) is 5.87. The summed E-state index contributed by atoms with van der Waals surface area (Å²) >= 11 is 1.46. The molecule has 1 aromatic carbocycles. The van der Waals surface area contributed by atoms with Crippen LogP contribution in [0.2, 0.25) is 0 Å². The van der Waals surface area contributed by atoms with Gasteiger partial charge in [0.05, 0.1) is 5.69 Å². The number of thiazole rings is 1. The van der Waals surface area contributed by atoms with E-state index in [1.165, 1.54) is 11.3 Å². The quantitative estimate of drug-likeness (QED) is 0.454. The maximum absolute atomic E-state index is 13.1. The van der Waals surface area contributed by atoms with Crippen LogP contribution in [0.4, 0.5) is 0 Å². The largest absolute Gasteiger partial charge is 0.335 e. The molecule has 8 heteroatoms. The minimum atomic E-state index is 0.0963. The molecule has 0 aliphatic carbocycles. The Bertz CT molecular complexity index is 1170. The summed E-state index contributed by atoms with van der Waals surface area (Å²) in [5.41, 5.74) is 1.94. The molecular formula is C24H26N6OS. The molecule has 0 bridgehead atoms. The number of aromatic nitrogens is 4. The topological polar surface area (TPSA) is 59.2 Å². The number of aryl methyl sites for hydroxylation is 1. The van der Waals surface area contributed by atoms with Crippen LogP contribution in [0.25, 0.3) is 16.5 Å². The highest BCUT2D eigenvalue weighted by Crippen LogP contribution is 2.24. The Labute approximate surface area is 191 Å². The van der Waals surface area contributed by atoms with Gasteiger partial charge in [0, 0.05) is 69.6 Å². The van der Waals surface area contributed by atoms with Crippen LogP contribution in [0, 0.1) is 6.92 Å². The number of carbonyl (C=O) groups excluding carboxylic acids is 1. The first kappa shape index (κ1) is 20.7. The van der Waals surface area contributed by atoms with Crippen LogP contribution in [0.15, 0.2) is 67.3 Å². The lowest BCUT2D eigenvalue weighted by Crippen LogP contribution is -2.49. The van der Waals surface area contributed by atoms with E-state index in [1.807, 2.05) is 71.5 Å². The maximum Gasteiger partial charge on any atom is 0.266 e. The van der Waals surface area contributed by atoms with E-state index in [0.717, 1.165) is 66.4 Å². The molecule has 0 radical (unpaired) electrons. The number of carbonyl (C=O) groups is 1. The van der Waals surface area contributed by atoms with Gasteiger partial charge in [-0.2, -0.15) is 0 Å². The Morgan fingerprint density at radius 2 is 1.72 bits per heavy atom. The summed E-state index contributed by atoms with van der Waals surface area (Å²) < 4.78 is 4.16. The minimum absolute atomic E-state index is 0.0963. The molecule has 0 spiro atoms. The van der Waals surface area contributed by atoms with Crippen molar-refractivity contribution in [1.82, 2.24) is 28.9 Å². The molecule has 7 nitrogen and oxygen atoms in total. The molecule has 4 heterocycles. The van der Waals surface area contributed by atoms with Crippen LogP contribution in [0.5, 0.6) is 0 Å². The number of hydrogen-bond donors (Lipinski definition) is 0. The van der Waals surface area contributed by atoms with Gasteiger partial charge < -0.3 is 14.0 Å². The fourth-order valence-electron chi connectivity index (χ4n) is 4.06. The van der Waals surface area contributed by atoms with Crippen molar-refractivity contribution >= 4 is 17.2 Å². The first-order valence-electron chi connectivity index (χ1n) is 10.9. The predicted octanol–water partition coefficient (Wildman–Crippen LogP) is 3.56. The van der Waals surface area contributed by atoms with Gasteiger partial charge in [0.1, 0.15) is 10.7 Å². The third-order valence-electron chi connectivity index (χ3n) is 5.87. The highest BCUT2D eigenvalue weighted by atomic mass is 32.1. The zero-order chi connectivity index (χ0) is 21.9. The summed E-state index contributed by atoms with van der Waals surface area (Å²) in [6, 6.07) is 14.2. The van der Waals surface area contributed by atoms with Gasteiger partial charge in [0.2, 0.25) is 0 Å². The number of benzene rings is 1. The molecule has 1 fully saturated rings. The molecule has 32 heavy (non-hydrogen) atoms. The smallest absolute Gasteiger partial charge is 0.266 e. The number of hydrogen-bond acceptors (Lipinski definition) is 5. The number of imidazole rings is 1. The van der Waals surface area contributed by atoms with Gasteiger partial charge in [-0.3, -0.25) is 9.69 Å². The summed E-state index contributed by atoms with van der Waals surface area (Å²) in [5, 5.41) is 0.837. The van der Waals surface area contributed by atoms with Crippen LogP contribution in [-0.2, 0) is 6.54 Å².